The maximum atomic E-state index is 9.15. The lowest BCUT2D eigenvalue weighted by atomic mass is 10.2. The van der Waals surface area contributed by atoms with Crippen LogP contribution in [0.15, 0.2) is 21.9 Å². The number of hydrogen-bond donors (Lipinski definition) is 1. The van der Waals surface area contributed by atoms with Gasteiger partial charge >= 0.3 is 0 Å². The SMILES string of the molecule is CC(C)c1nc(C#N)c(NCC(c2cccs2)N(C)C)o1. The summed E-state index contributed by atoms with van der Waals surface area (Å²) in [6, 6.07) is 6.46. The maximum absolute atomic E-state index is 9.15. The zero-order valence-corrected chi connectivity index (χ0v) is 13.6. The minimum absolute atomic E-state index is 0.162. The van der Waals surface area contributed by atoms with E-state index in [-0.39, 0.29) is 12.0 Å². The van der Waals surface area contributed by atoms with Gasteiger partial charge in [0.25, 0.3) is 0 Å². The van der Waals surface area contributed by atoms with Crippen molar-refractivity contribution in [2.24, 2.45) is 0 Å². The predicted molar refractivity (Wildman–Crippen MR) is 84.5 cm³/mol. The van der Waals surface area contributed by atoms with Gasteiger partial charge in [-0.2, -0.15) is 5.26 Å². The fourth-order valence-corrected chi connectivity index (χ4v) is 2.91. The van der Waals surface area contributed by atoms with Crippen molar-refractivity contribution in [3.63, 3.8) is 0 Å². The summed E-state index contributed by atoms with van der Waals surface area (Å²) in [4.78, 5) is 7.63. The van der Waals surface area contributed by atoms with Crippen LogP contribution in [0.2, 0.25) is 0 Å². The summed E-state index contributed by atoms with van der Waals surface area (Å²) in [7, 11) is 4.08. The molecule has 6 heteroatoms. The van der Waals surface area contributed by atoms with E-state index < -0.39 is 0 Å². The average molecular weight is 304 g/mol. The number of nitrogens with zero attached hydrogens (tertiary/aromatic N) is 3. The molecule has 0 aliphatic carbocycles. The molecule has 0 aromatic carbocycles. The molecule has 2 heterocycles. The van der Waals surface area contributed by atoms with Gasteiger partial charge < -0.3 is 14.6 Å². The fraction of sp³-hybridized carbons (Fsp3) is 0.467. The number of rotatable bonds is 6. The summed E-state index contributed by atoms with van der Waals surface area (Å²) in [5, 5.41) is 14.4. The van der Waals surface area contributed by atoms with E-state index in [9.17, 15) is 0 Å². The summed E-state index contributed by atoms with van der Waals surface area (Å²) >= 11 is 1.72. The molecule has 1 unspecified atom stereocenters. The molecule has 112 valence electrons. The predicted octanol–water partition coefficient (Wildman–Crippen LogP) is 3.45. The molecule has 0 spiro atoms. The third-order valence-electron chi connectivity index (χ3n) is 3.19. The largest absolute Gasteiger partial charge is 0.424 e. The van der Waals surface area contributed by atoms with Crippen LogP contribution in [-0.2, 0) is 0 Å². The number of hydrogen-bond acceptors (Lipinski definition) is 6. The Kier molecular flexibility index (Phi) is 4.99. The smallest absolute Gasteiger partial charge is 0.232 e. The lowest BCUT2D eigenvalue weighted by Gasteiger charge is -2.23. The molecule has 2 aromatic rings. The van der Waals surface area contributed by atoms with E-state index in [1.807, 2.05) is 34.0 Å². The average Bonchev–Trinajstić information content (AvgIpc) is 3.07. The third kappa shape index (κ3) is 3.63. The van der Waals surface area contributed by atoms with E-state index in [1.165, 1.54) is 4.88 Å². The van der Waals surface area contributed by atoms with Crippen molar-refractivity contribution in [2.75, 3.05) is 26.0 Å². The van der Waals surface area contributed by atoms with E-state index in [1.54, 1.807) is 11.3 Å². The van der Waals surface area contributed by atoms with E-state index in [0.29, 0.717) is 24.0 Å². The summed E-state index contributed by atoms with van der Waals surface area (Å²) in [5.74, 6) is 1.21. The van der Waals surface area contributed by atoms with Crippen LogP contribution in [0.1, 0.15) is 42.3 Å². The summed E-state index contributed by atoms with van der Waals surface area (Å²) in [5.41, 5.74) is 0.322. The highest BCUT2D eigenvalue weighted by Gasteiger charge is 2.19. The number of aromatic nitrogens is 1. The summed E-state index contributed by atoms with van der Waals surface area (Å²) in [6.45, 7) is 4.64. The van der Waals surface area contributed by atoms with Crippen LogP contribution < -0.4 is 5.32 Å². The van der Waals surface area contributed by atoms with Crippen molar-refractivity contribution in [1.29, 1.82) is 5.26 Å². The van der Waals surface area contributed by atoms with Crippen LogP contribution >= 0.6 is 11.3 Å². The molecule has 0 amide bonds. The molecule has 0 fully saturated rings. The minimum atomic E-state index is 0.162. The third-order valence-corrected chi connectivity index (χ3v) is 4.17. The molecule has 0 saturated carbocycles. The second kappa shape index (κ2) is 6.74. The van der Waals surface area contributed by atoms with E-state index in [4.69, 9.17) is 9.68 Å². The Bertz CT molecular complexity index is 610. The molecule has 5 nitrogen and oxygen atoms in total. The number of nitriles is 1. The van der Waals surface area contributed by atoms with Gasteiger partial charge in [-0.25, -0.2) is 4.98 Å². The molecule has 1 N–H and O–H groups in total. The Balaban J connectivity index is 2.13. The molecule has 0 saturated heterocycles. The maximum Gasteiger partial charge on any atom is 0.232 e. The Labute approximate surface area is 129 Å². The molecule has 0 aliphatic rings. The number of oxazole rings is 1. The monoisotopic (exact) mass is 304 g/mol. The van der Waals surface area contributed by atoms with Crippen LogP contribution in [0.5, 0.6) is 0 Å². The normalized spacial score (nSPS) is 12.6. The van der Waals surface area contributed by atoms with Crippen molar-refractivity contribution < 1.29 is 4.42 Å². The Morgan fingerprint density at radius 2 is 2.24 bits per heavy atom. The van der Waals surface area contributed by atoms with Gasteiger partial charge in [0, 0.05) is 17.3 Å². The lowest BCUT2D eigenvalue weighted by molar-refractivity contribution is 0.314. The molecule has 1 atom stereocenters. The molecule has 0 radical (unpaired) electrons. The highest BCUT2D eigenvalue weighted by atomic mass is 32.1. The Hall–Kier alpha value is -1.84. The summed E-state index contributed by atoms with van der Waals surface area (Å²) < 4.78 is 5.65. The van der Waals surface area contributed by atoms with Crippen molar-refractivity contribution in [3.8, 4) is 6.07 Å². The first-order valence-corrected chi connectivity index (χ1v) is 7.75. The van der Waals surface area contributed by atoms with Crippen LogP contribution in [-0.4, -0.2) is 30.5 Å². The molecule has 2 rings (SSSR count). The topological polar surface area (TPSA) is 65.1 Å². The second-order valence-corrected chi connectivity index (χ2v) is 6.35. The first-order chi connectivity index (χ1) is 10.0. The van der Waals surface area contributed by atoms with E-state index in [0.717, 1.165) is 0 Å². The lowest BCUT2D eigenvalue weighted by Crippen LogP contribution is -2.26. The summed E-state index contributed by atoms with van der Waals surface area (Å²) in [6.07, 6.45) is 0. The first-order valence-electron chi connectivity index (χ1n) is 6.87. The molecular formula is C15H20N4OS. The van der Waals surface area contributed by atoms with E-state index in [2.05, 4.69) is 32.7 Å². The highest BCUT2D eigenvalue weighted by Crippen LogP contribution is 2.26. The second-order valence-electron chi connectivity index (χ2n) is 5.37. The van der Waals surface area contributed by atoms with Gasteiger partial charge in [0.15, 0.2) is 0 Å². The van der Waals surface area contributed by atoms with Crippen LogP contribution in [0.3, 0.4) is 0 Å². The Morgan fingerprint density at radius 3 is 2.76 bits per heavy atom. The number of likely N-dealkylation sites (N-methyl/N-ethyl adjacent to an activating group) is 1. The molecule has 2 aromatic heterocycles. The van der Waals surface area contributed by atoms with Gasteiger partial charge in [-0.3, -0.25) is 0 Å². The molecule has 0 aliphatic heterocycles. The van der Waals surface area contributed by atoms with Crippen LogP contribution in [0.4, 0.5) is 5.88 Å². The molecule has 0 bridgehead atoms. The fourth-order valence-electron chi connectivity index (χ4n) is 1.99. The number of nitrogens with one attached hydrogen (secondary N) is 1. The highest BCUT2D eigenvalue weighted by molar-refractivity contribution is 7.10. The van der Waals surface area contributed by atoms with Crippen molar-refractivity contribution in [3.05, 3.63) is 34.0 Å². The zero-order chi connectivity index (χ0) is 15.4. The molecule has 21 heavy (non-hydrogen) atoms. The van der Waals surface area contributed by atoms with Crippen molar-refractivity contribution in [1.82, 2.24) is 9.88 Å². The van der Waals surface area contributed by atoms with Crippen LogP contribution in [0.25, 0.3) is 0 Å². The first kappa shape index (κ1) is 15.5. The minimum Gasteiger partial charge on any atom is -0.424 e. The van der Waals surface area contributed by atoms with Crippen molar-refractivity contribution >= 4 is 17.2 Å². The number of anilines is 1. The van der Waals surface area contributed by atoms with Gasteiger partial charge in [-0.15, -0.1) is 11.3 Å². The molecular weight excluding hydrogens is 284 g/mol. The van der Waals surface area contributed by atoms with Crippen LogP contribution in [0, 0.1) is 11.3 Å². The standard InChI is InChI=1S/C15H20N4OS/c1-10(2)14-18-11(8-16)15(20-14)17-9-12(19(3)4)13-6-5-7-21-13/h5-7,10,12,17H,9H2,1-4H3. The van der Waals surface area contributed by atoms with Gasteiger partial charge in [0.1, 0.15) is 6.07 Å². The van der Waals surface area contributed by atoms with Gasteiger partial charge in [0.2, 0.25) is 17.5 Å². The van der Waals surface area contributed by atoms with Gasteiger partial charge in [-0.1, -0.05) is 19.9 Å². The van der Waals surface area contributed by atoms with Gasteiger partial charge in [0.05, 0.1) is 6.04 Å². The van der Waals surface area contributed by atoms with Gasteiger partial charge in [-0.05, 0) is 25.5 Å². The Morgan fingerprint density at radius 1 is 1.48 bits per heavy atom. The van der Waals surface area contributed by atoms with E-state index >= 15 is 0 Å². The zero-order valence-electron chi connectivity index (χ0n) is 12.8. The number of thiophene rings is 1. The quantitative estimate of drug-likeness (QED) is 0.885. The van der Waals surface area contributed by atoms with Crippen molar-refractivity contribution in [2.45, 2.75) is 25.8 Å².